The molecule has 0 radical (unpaired) electrons. The molecule has 0 aliphatic rings. The molecule has 0 spiro atoms. The van der Waals surface area contributed by atoms with E-state index in [-0.39, 0.29) is 0 Å². The van der Waals surface area contributed by atoms with E-state index in [1.54, 1.807) is 6.92 Å². The summed E-state index contributed by atoms with van der Waals surface area (Å²) in [5.74, 6) is 1.44. The molecule has 2 heteroatoms. The highest BCUT2D eigenvalue weighted by Crippen LogP contribution is 2.22. The number of aliphatic hydroxyl groups excluding tert-OH is 1. The lowest BCUT2D eigenvalue weighted by molar-refractivity contribution is 0.199. The van der Waals surface area contributed by atoms with Gasteiger partial charge in [0.05, 0.1) is 12.7 Å². The summed E-state index contributed by atoms with van der Waals surface area (Å²) in [6.07, 6.45) is -0.414. The Morgan fingerprint density at radius 1 is 1.27 bits per heavy atom. The van der Waals surface area contributed by atoms with Crippen molar-refractivity contribution < 1.29 is 9.84 Å². The lowest BCUT2D eigenvalue weighted by atomic mass is 10.1. The van der Waals surface area contributed by atoms with Gasteiger partial charge in [0.15, 0.2) is 0 Å². The molecule has 0 saturated heterocycles. The van der Waals surface area contributed by atoms with Gasteiger partial charge in [0.2, 0.25) is 0 Å². The molecule has 0 saturated carbocycles. The van der Waals surface area contributed by atoms with Gasteiger partial charge in [-0.25, -0.2) is 0 Å². The maximum absolute atomic E-state index is 9.42. The molecule has 0 amide bonds. The van der Waals surface area contributed by atoms with Gasteiger partial charge in [-0.1, -0.05) is 19.9 Å². The molecule has 0 aromatic heterocycles. The van der Waals surface area contributed by atoms with Crippen molar-refractivity contribution in [3.05, 3.63) is 29.3 Å². The van der Waals surface area contributed by atoms with Crippen molar-refractivity contribution in [2.45, 2.75) is 33.8 Å². The Bertz CT molecular complexity index is 316. The third-order valence-electron chi connectivity index (χ3n) is 2.25. The highest BCUT2D eigenvalue weighted by molar-refractivity contribution is 5.36. The van der Waals surface area contributed by atoms with E-state index >= 15 is 0 Å². The van der Waals surface area contributed by atoms with Gasteiger partial charge in [-0.3, -0.25) is 0 Å². The van der Waals surface area contributed by atoms with Crippen LogP contribution >= 0.6 is 0 Å². The zero-order valence-electron chi connectivity index (χ0n) is 9.95. The van der Waals surface area contributed by atoms with Crippen LogP contribution in [0.5, 0.6) is 5.75 Å². The van der Waals surface area contributed by atoms with Crippen molar-refractivity contribution in [3.63, 3.8) is 0 Å². The average molecular weight is 208 g/mol. The minimum atomic E-state index is -0.414. The molecule has 2 nitrogen and oxygen atoms in total. The molecule has 0 fully saturated rings. The molecule has 15 heavy (non-hydrogen) atoms. The lowest BCUT2D eigenvalue weighted by Crippen LogP contribution is -2.05. The third kappa shape index (κ3) is 3.56. The molecule has 84 valence electrons. The summed E-state index contributed by atoms with van der Waals surface area (Å²) in [6, 6.07) is 5.81. The quantitative estimate of drug-likeness (QED) is 0.824. The maximum Gasteiger partial charge on any atom is 0.122 e. The number of hydrogen-bond donors (Lipinski definition) is 1. The van der Waals surface area contributed by atoms with Crippen molar-refractivity contribution in [2.24, 2.45) is 5.92 Å². The molecule has 0 heterocycles. The molecule has 1 aromatic rings. The predicted octanol–water partition coefficient (Wildman–Crippen LogP) is 3.08. The van der Waals surface area contributed by atoms with Gasteiger partial charge >= 0.3 is 0 Å². The molecular formula is C13H20O2. The van der Waals surface area contributed by atoms with Crippen molar-refractivity contribution >= 4 is 0 Å². The standard InChI is InChI=1S/C13H20O2/c1-9(2)8-15-13-6-5-12(11(4)14)7-10(13)3/h5-7,9,11,14H,8H2,1-4H3. The van der Waals surface area contributed by atoms with Crippen LogP contribution in [0.4, 0.5) is 0 Å². The smallest absolute Gasteiger partial charge is 0.122 e. The summed E-state index contributed by atoms with van der Waals surface area (Å²) in [5, 5.41) is 9.42. The van der Waals surface area contributed by atoms with Crippen LogP contribution in [0.3, 0.4) is 0 Å². The van der Waals surface area contributed by atoms with Crippen LogP contribution in [0.25, 0.3) is 0 Å². The molecule has 1 aromatic carbocycles. The SMILES string of the molecule is Cc1cc(C(C)O)ccc1OCC(C)C. The summed E-state index contributed by atoms with van der Waals surface area (Å²) in [4.78, 5) is 0. The lowest BCUT2D eigenvalue weighted by Gasteiger charge is -2.13. The third-order valence-corrected chi connectivity index (χ3v) is 2.25. The number of hydrogen-bond acceptors (Lipinski definition) is 2. The summed E-state index contributed by atoms with van der Waals surface area (Å²) in [5.41, 5.74) is 2.01. The van der Waals surface area contributed by atoms with Crippen molar-refractivity contribution in [1.29, 1.82) is 0 Å². The molecule has 1 rings (SSSR count). The maximum atomic E-state index is 9.42. The Labute approximate surface area is 91.9 Å². The minimum absolute atomic E-state index is 0.414. The predicted molar refractivity (Wildman–Crippen MR) is 62.1 cm³/mol. The van der Waals surface area contributed by atoms with E-state index in [0.29, 0.717) is 5.92 Å². The number of ether oxygens (including phenoxy) is 1. The van der Waals surface area contributed by atoms with E-state index in [0.717, 1.165) is 23.5 Å². The summed E-state index contributed by atoms with van der Waals surface area (Å²) in [7, 11) is 0. The van der Waals surface area contributed by atoms with Crippen molar-refractivity contribution in [3.8, 4) is 5.75 Å². The van der Waals surface area contributed by atoms with E-state index in [1.165, 1.54) is 0 Å². The molecular weight excluding hydrogens is 188 g/mol. The number of benzene rings is 1. The van der Waals surface area contributed by atoms with E-state index in [2.05, 4.69) is 13.8 Å². The van der Waals surface area contributed by atoms with Crippen LogP contribution in [0.15, 0.2) is 18.2 Å². The van der Waals surface area contributed by atoms with Crippen LogP contribution in [-0.4, -0.2) is 11.7 Å². The summed E-state index contributed by atoms with van der Waals surface area (Å²) >= 11 is 0. The van der Waals surface area contributed by atoms with Crippen LogP contribution < -0.4 is 4.74 Å². The first-order chi connectivity index (χ1) is 7.00. The Hall–Kier alpha value is -1.02. The fraction of sp³-hybridized carbons (Fsp3) is 0.538. The molecule has 1 atom stereocenters. The van der Waals surface area contributed by atoms with E-state index in [9.17, 15) is 5.11 Å². The van der Waals surface area contributed by atoms with Crippen LogP contribution in [-0.2, 0) is 0 Å². The van der Waals surface area contributed by atoms with Gasteiger partial charge in [0.25, 0.3) is 0 Å². The van der Waals surface area contributed by atoms with Gasteiger partial charge in [-0.05, 0) is 43.0 Å². The second-order valence-electron chi connectivity index (χ2n) is 4.41. The van der Waals surface area contributed by atoms with E-state index in [4.69, 9.17) is 4.74 Å². The Morgan fingerprint density at radius 3 is 2.40 bits per heavy atom. The molecule has 0 aliphatic heterocycles. The zero-order chi connectivity index (χ0) is 11.4. The summed E-state index contributed by atoms with van der Waals surface area (Å²) in [6.45, 7) is 8.75. The van der Waals surface area contributed by atoms with Gasteiger partial charge in [0.1, 0.15) is 5.75 Å². The van der Waals surface area contributed by atoms with Gasteiger partial charge in [-0.15, -0.1) is 0 Å². The number of aliphatic hydroxyl groups is 1. The number of rotatable bonds is 4. The fourth-order valence-corrected chi connectivity index (χ4v) is 1.35. The monoisotopic (exact) mass is 208 g/mol. The minimum Gasteiger partial charge on any atom is -0.493 e. The second kappa shape index (κ2) is 5.17. The molecule has 0 aliphatic carbocycles. The first-order valence-electron chi connectivity index (χ1n) is 5.42. The van der Waals surface area contributed by atoms with Gasteiger partial charge in [-0.2, -0.15) is 0 Å². The first kappa shape index (κ1) is 12.1. The Balaban J connectivity index is 2.75. The van der Waals surface area contributed by atoms with Crippen LogP contribution in [0.2, 0.25) is 0 Å². The van der Waals surface area contributed by atoms with Crippen LogP contribution in [0.1, 0.15) is 38.0 Å². The van der Waals surface area contributed by atoms with Gasteiger partial charge in [0, 0.05) is 0 Å². The Morgan fingerprint density at radius 2 is 1.93 bits per heavy atom. The van der Waals surface area contributed by atoms with Crippen molar-refractivity contribution in [2.75, 3.05) is 6.61 Å². The fourth-order valence-electron chi connectivity index (χ4n) is 1.35. The van der Waals surface area contributed by atoms with Gasteiger partial charge < -0.3 is 9.84 Å². The normalized spacial score (nSPS) is 12.9. The average Bonchev–Trinajstić information content (AvgIpc) is 2.15. The number of aryl methyl sites for hydroxylation is 1. The van der Waals surface area contributed by atoms with E-state index in [1.807, 2.05) is 25.1 Å². The largest absolute Gasteiger partial charge is 0.493 e. The van der Waals surface area contributed by atoms with Crippen LogP contribution in [0, 0.1) is 12.8 Å². The highest BCUT2D eigenvalue weighted by atomic mass is 16.5. The molecule has 1 N–H and O–H groups in total. The zero-order valence-corrected chi connectivity index (χ0v) is 9.95. The van der Waals surface area contributed by atoms with Crippen molar-refractivity contribution in [1.82, 2.24) is 0 Å². The topological polar surface area (TPSA) is 29.5 Å². The second-order valence-corrected chi connectivity index (χ2v) is 4.41. The molecule has 0 bridgehead atoms. The first-order valence-corrected chi connectivity index (χ1v) is 5.42. The summed E-state index contributed by atoms with van der Waals surface area (Å²) < 4.78 is 5.65. The molecule has 1 unspecified atom stereocenters. The highest BCUT2D eigenvalue weighted by Gasteiger charge is 2.05. The van der Waals surface area contributed by atoms with E-state index < -0.39 is 6.10 Å². The Kier molecular flexibility index (Phi) is 4.15.